The van der Waals surface area contributed by atoms with Crippen molar-refractivity contribution in [2.24, 2.45) is 0 Å². The first kappa shape index (κ1) is 17.5. The lowest BCUT2D eigenvalue weighted by atomic mass is 10.1. The van der Waals surface area contributed by atoms with Gasteiger partial charge in [0, 0.05) is 11.3 Å². The number of Topliss-reactive ketones (excluding diaryl/α,β-unsaturated/α-hetero) is 1. The van der Waals surface area contributed by atoms with Gasteiger partial charge in [0.1, 0.15) is 0 Å². The van der Waals surface area contributed by atoms with Crippen LogP contribution in [0, 0.1) is 13.8 Å². The van der Waals surface area contributed by atoms with Crippen LogP contribution in [0.25, 0.3) is 0 Å². The van der Waals surface area contributed by atoms with Gasteiger partial charge in [0.2, 0.25) is 5.78 Å². The summed E-state index contributed by atoms with van der Waals surface area (Å²) < 4.78 is 4.90. The quantitative estimate of drug-likeness (QED) is 0.628. The van der Waals surface area contributed by atoms with Crippen molar-refractivity contribution < 1.29 is 14.3 Å². The van der Waals surface area contributed by atoms with Gasteiger partial charge >= 0.3 is 6.09 Å². The van der Waals surface area contributed by atoms with E-state index in [-0.39, 0.29) is 12.4 Å². The minimum atomic E-state index is -0.909. The van der Waals surface area contributed by atoms with Gasteiger partial charge in [0.15, 0.2) is 6.17 Å². The Morgan fingerprint density at radius 2 is 1.79 bits per heavy atom. The number of hydrogen-bond donors (Lipinski definition) is 2. The van der Waals surface area contributed by atoms with Crippen LogP contribution in [0.2, 0.25) is 0 Å². The molecule has 0 saturated heterocycles. The molecule has 0 spiro atoms. The summed E-state index contributed by atoms with van der Waals surface area (Å²) in [6.45, 7) is 5.90. The van der Waals surface area contributed by atoms with Crippen molar-refractivity contribution in [3.8, 4) is 0 Å². The topological polar surface area (TPSA) is 67.4 Å². The van der Waals surface area contributed by atoms with Gasteiger partial charge in [0.05, 0.1) is 6.61 Å². The van der Waals surface area contributed by atoms with Crippen molar-refractivity contribution in [1.82, 2.24) is 5.32 Å². The molecule has 0 fully saturated rings. The average Bonchev–Trinajstić information content (AvgIpc) is 2.57. The Hall–Kier alpha value is -2.82. The molecule has 0 heterocycles. The highest BCUT2D eigenvalue weighted by Crippen LogP contribution is 2.18. The van der Waals surface area contributed by atoms with Gasteiger partial charge in [-0.15, -0.1) is 0 Å². The van der Waals surface area contributed by atoms with E-state index in [1.807, 2.05) is 38.1 Å². The molecule has 0 aromatic heterocycles. The molecule has 0 aliphatic carbocycles. The number of amides is 1. The zero-order valence-corrected chi connectivity index (χ0v) is 14.1. The van der Waals surface area contributed by atoms with E-state index in [0.717, 1.165) is 16.8 Å². The summed E-state index contributed by atoms with van der Waals surface area (Å²) in [4.78, 5) is 24.5. The molecule has 5 nitrogen and oxygen atoms in total. The fraction of sp³-hybridized carbons (Fsp3) is 0.263. The lowest BCUT2D eigenvalue weighted by Gasteiger charge is -2.21. The fourth-order valence-electron chi connectivity index (χ4n) is 2.36. The van der Waals surface area contributed by atoms with Crippen molar-refractivity contribution in [2.45, 2.75) is 26.9 Å². The second kappa shape index (κ2) is 8.15. The largest absolute Gasteiger partial charge is 0.450 e. The van der Waals surface area contributed by atoms with Gasteiger partial charge in [-0.3, -0.25) is 10.1 Å². The lowest BCUT2D eigenvalue weighted by molar-refractivity contribution is 0.0938. The third kappa shape index (κ3) is 4.59. The van der Waals surface area contributed by atoms with Crippen molar-refractivity contribution in [3.05, 3.63) is 65.2 Å². The molecule has 0 aliphatic rings. The zero-order chi connectivity index (χ0) is 17.5. The Morgan fingerprint density at radius 3 is 2.42 bits per heavy atom. The van der Waals surface area contributed by atoms with E-state index in [9.17, 15) is 9.59 Å². The SMILES string of the molecule is CCOC(=O)NC(Nc1ccc(C)cc1C)C(=O)c1ccccc1. The monoisotopic (exact) mass is 326 g/mol. The standard InChI is InChI=1S/C19H22N2O3/c1-4-24-19(23)21-18(17(22)15-8-6-5-7-9-15)20-16-11-10-13(2)12-14(16)3/h5-12,18,20H,4H2,1-3H3,(H,21,23). The number of ketones is 1. The Labute approximate surface area is 142 Å². The number of ether oxygens (including phenoxy) is 1. The molecule has 0 bridgehead atoms. The molecule has 2 aromatic carbocycles. The second-order valence-corrected chi connectivity index (χ2v) is 5.49. The summed E-state index contributed by atoms with van der Waals surface area (Å²) in [7, 11) is 0. The molecule has 0 radical (unpaired) electrons. The number of carbonyl (C=O) groups excluding carboxylic acids is 2. The molecule has 2 rings (SSSR count). The number of hydrogen-bond acceptors (Lipinski definition) is 4. The molecule has 2 N–H and O–H groups in total. The number of aryl methyl sites for hydroxylation is 2. The van der Waals surface area contributed by atoms with Crippen molar-refractivity contribution in [1.29, 1.82) is 0 Å². The van der Waals surface area contributed by atoms with Crippen LogP contribution in [0.4, 0.5) is 10.5 Å². The highest BCUT2D eigenvalue weighted by Gasteiger charge is 2.23. The van der Waals surface area contributed by atoms with Crippen LogP contribution in [-0.2, 0) is 4.74 Å². The van der Waals surface area contributed by atoms with E-state index in [0.29, 0.717) is 5.56 Å². The van der Waals surface area contributed by atoms with Crippen molar-refractivity contribution in [3.63, 3.8) is 0 Å². The Morgan fingerprint density at radius 1 is 1.08 bits per heavy atom. The van der Waals surface area contributed by atoms with Crippen molar-refractivity contribution in [2.75, 3.05) is 11.9 Å². The van der Waals surface area contributed by atoms with Gasteiger partial charge in [-0.05, 0) is 32.4 Å². The number of nitrogens with one attached hydrogen (secondary N) is 2. The number of anilines is 1. The summed E-state index contributed by atoms with van der Waals surface area (Å²) >= 11 is 0. The Balaban J connectivity index is 2.25. The summed E-state index contributed by atoms with van der Waals surface area (Å²) in [5, 5.41) is 5.69. The highest BCUT2D eigenvalue weighted by atomic mass is 16.5. The van der Waals surface area contributed by atoms with Crippen LogP contribution in [0.3, 0.4) is 0 Å². The van der Waals surface area contributed by atoms with E-state index in [4.69, 9.17) is 4.74 Å². The van der Waals surface area contributed by atoms with Crippen LogP contribution in [0.1, 0.15) is 28.4 Å². The molecule has 0 saturated carbocycles. The molecule has 0 aliphatic heterocycles. The minimum Gasteiger partial charge on any atom is -0.450 e. The van der Waals surface area contributed by atoms with Gasteiger partial charge in [0.25, 0.3) is 0 Å². The van der Waals surface area contributed by atoms with E-state index < -0.39 is 12.3 Å². The fourth-order valence-corrected chi connectivity index (χ4v) is 2.36. The summed E-state index contributed by atoms with van der Waals surface area (Å²) in [5.41, 5.74) is 3.41. The molecule has 24 heavy (non-hydrogen) atoms. The molecule has 5 heteroatoms. The van der Waals surface area contributed by atoms with Gasteiger partial charge in [-0.1, -0.05) is 48.0 Å². The first-order valence-electron chi connectivity index (χ1n) is 7.87. The van der Waals surface area contributed by atoms with Crippen LogP contribution >= 0.6 is 0 Å². The molecular formula is C19H22N2O3. The lowest BCUT2D eigenvalue weighted by Crippen LogP contribution is -2.46. The van der Waals surface area contributed by atoms with Crippen LogP contribution in [0.5, 0.6) is 0 Å². The van der Waals surface area contributed by atoms with Gasteiger partial charge in [-0.2, -0.15) is 0 Å². The van der Waals surface area contributed by atoms with Crippen LogP contribution < -0.4 is 10.6 Å². The van der Waals surface area contributed by atoms with Crippen LogP contribution in [0.15, 0.2) is 48.5 Å². The Bertz CT molecular complexity index is 714. The molecule has 1 amide bonds. The molecule has 2 aromatic rings. The maximum absolute atomic E-state index is 12.7. The normalized spacial score (nSPS) is 11.5. The smallest absolute Gasteiger partial charge is 0.409 e. The zero-order valence-electron chi connectivity index (χ0n) is 14.1. The summed E-state index contributed by atoms with van der Waals surface area (Å²) in [5.74, 6) is -0.233. The van der Waals surface area contributed by atoms with E-state index >= 15 is 0 Å². The highest BCUT2D eigenvalue weighted by molar-refractivity contribution is 6.02. The number of alkyl carbamates (subject to hydrolysis) is 1. The molecular weight excluding hydrogens is 304 g/mol. The third-order valence-corrected chi connectivity index (χ3v) is 3.54. The number of benzene rings is 2. The van der Waals surface area contributed by atoms with E-state index in [2.05, 4.69) is 10.6 Å². The predicted octanol–water partition coefficient (Wildman–Crippen LogP) is 3.67. The first-order valence-corrected chi connectivity index (χ1v) is 7.87. The van der Waals surface area contributed by atoms with E-state index in [1.165, 1.54) is 0 Å². The average molecular weight is 326 g/mol. The summed E-state index contributed by atoms with van der Waals surface area (Å²) in [6, 6.07) is 14.7. The number of carbonyl (C=O) groups is 2. The maximum Gasteiger partial charge on any atom is 0.409 e. The predicted molar refractivity (Wildman–Crippen MR) is 94.3 cm³/mol. The van der Waals surface area contributed by atoms with E-state index in [1.54, 1.807) is 31.2 Å². The van der Waals surface area contributed by atoms with Crippen LogP contribution in [-0.4, -0.2) is 24.6 Å². The number of rotatable bonds is 6. The first-order chi connectivity index (χ1) is 11.5. The third-order valence-electron chi connectivity index (χ3n) is 3.54. The maximum atomic E-state index is 12.7. The van der Waals surface area contributed by atoms with Gasteiger partial charge in [-0.25, -0.2) is 4.79 Å². The molecule has 1 unspecified atom stereocenters. The molecule has 1 atom stereocenters. The Kier molecular flexibility index (Phi) is 5.95. The summed E-state index contributed by atoms with van der Waals surface area (Å²) in [6.07, 6.45) is -1.54. The second-order valence-electron chi connectivity index (χ2n) is 5.49. The molecule has 126 valence electrons. The minimum absolute atomic E-state index is 0.233. The van der Waals surface area contributed by atoms with Crippen molar-refractivity contribution >= 4 is 17.6 Å². The van der Waals surface area contributed by atoms with Gasteiger partial charge < -0.3 is 10.1 Å².